The number of nitrogens with zero attached hydrogens (tertiary/aromatic N) is 1. The lowest BCUT2D eigenvalue weighted by Gasteiger charge is -2.29. The molecule has 0 saturated carbocycles. The highest BCUT2D eigenvalue weighted by Gasteiger charge is 2.62. The Bertz CT molecular complexity index is 1010. The molecule has 4 nitrogen and oxygen atoms in total. The normalized spacial score (nSPS) is 23.0. The Morgan fingerprint density at radius 3 is 2.38 bits per heavy atom. The van der Waals surface area contributed by atoms with Gasteiger partial charge < -0.3 is 14.5 Å². The van der Waals surface area contributed by atoms with Crippen LogP contribution in [0, 0.1) is 0 Å². The predicted molar refractivity (Wildman–Crippen MR) is 110 cm³/mol. The Balaban J connectivity index is 1.75. The van der Waals surface area contributed by atoms with E-state index < -0.39 is 30.9 Å². The summed E-state index contributed by atoms with van der Waals surface area (Å²) in [5.74, 6) is 0. The summed E-state index contributed by atoms with van der Waals surface area (Å²) < 4.78 is 49.0. The summed E-state index contributed by atoms with van der Waals surface area (Å²) in [7, 11) is -1.07. The summed E-state index contributed by atoms with van der Waals surface area (Å²) in [6, 6.07) is 9.39. The van der Waals surface area contributed by atoms with Gasteiger partial charge in [-0.25, -0.2) is 0 Å². The average molecular weight is 533 g/mol. The predicted octanol–water partition coefficient (Wildman–Crippen LogP) is 4.75. The molecule has 29 heavy (non-hydrogen) atoms. The van der Waals surface area contributed by atoms with E-state index in [1.165, 1.54) is 12.1 Å². The lowest BCUT2D eigenvalue weighted by Crippen LogP contribution is -2.42. The van der Waals surface area contributed by atoms with Gasteiger partial charge in [-0.1, -0.05) is 49.1 Å². The van der Waals surface area contributed by atoms with Crippen molar-refractivity contribution < 1.29 is 27.7 Å². The van der Waals surface area contributed by atoms with Gasteiger partial charge in [0.2, 0.25) is 0 Å². The van der Waals surface area contributed by atoms with Crippen molar-refractivity contribution in [3.05, 3.63) is 62.0 Å². The fraction of sp³-hybridized carbons (Fsp3) is 0.316. The third kappa shape index (κ3) is 3.43. The summed E-state index contributed by atoms with van der Waals surface area (Å²) in [6.07, 6.45) is -5.16. The van der Waals surface area contributed by atoms with Crippen molar-refractivity contribution in [1.29, 1.82) is 0 Å². The number of hydrogen-bond donors (Lipinski definition) is 1. The SMILES string of the molecule is CC1(C)OB(O)c2ccc(C3=NOC(c4cc(Br)cc(Br)c4)(C(F)(F)F)C3)cc21. The molecule has 0 aliphatic carbocycles. The van der Waals surface area contributed by atoms with Gasteiger partial charge in [0, 0.05) is 20.9 Å². The molecule has 0 amide bonds. The maximum atomic E-state index is 14.2. The molecule has 0 radical (unpaired) electrons. The first kappa shape index (κ1) is 20.9. The van der Waals surface area contributed by atoms with Crippen LogP contribution in [0.5, 0.6) is 0 Å². The van der Waals surface area contributed by atoms with Crippen LogP contribution in [-0.4, -0.2) is 24.0 Å². The first-order chi connectivity index (χ1) is 13.4. The van der Waals surface area contributed by atoms with Gasteiger partial charge >= 0.3 is 13.3 Å². The third-order valence-corrected chi connectivity index (χ3v) is 6.14. The Labute approximate surface area is 182 Å². The average Bonchev–Trinajstić information content (AvgIpc) is 3.14. The second-order valence-corrected chi connectivity index (χ2v) is 9.40. The quantitative estimate of drug-likeness (QED) is 0.568. The Morgan fingerprint density at radius 1 is 1.10 bits per heavy atom. The largest absolute Gasteiger partial charge is 0.492 e. The van der Waals surface area contributed by atoms with Gasteiger partial charge in [0.05, 0.1) is 11.3 Å². The van der Waals surface area contributed by atoms with Crippen molar-refractivity contribution in [2.75, 3.05) is 0 Å². The first-order valence-corrected chi connectivity index (χ1v) is 10.3. The second-order valence-electron chi connectivity index (χ2n) is 7.57. The molecule has 152 valence electrons. The number of benzene rings is 2. The number of alkyl halides is 3. The van der Waals surface area contributed by atoms with E-state index in [0.717, 1.165) is 0 Å². The molecule has 2 aromatic rings. The Hall–Kier alpha value is -1.36. The van der Waals surface area contributed by atoms with Crippen molar-refractivity contribution in [2.45, 2.75) is 37.6 Å². The van der Waals surface area contributed by atoms with E-state index in [9.17, 15) is 18.2 Å². The summed E-state index contributed by atoms with van der Waals surface area (Å²) in [5, 5.41) is 13.8. The second kappa shape index (κ2) is 6.83. The minimum Gasteiger partial charge on any atom is -0.423 e. The van der Waals surface area contributed by atoms with Crippen LogP contribution in [0.3, 0.4) is 0 Å². The van der Waals surface area contributed by atoms with Gasteiger partial charge in [-0.2, -0.15) is 13.2 Å². The standard InChI is InChI=1S/C19H15BBr2F3NO3/c1-17(2)14-5-10(3-4-15(14)20(27)28-17)16-9-18(29-26-16,19(23,24)25)11-6-12(21)8-13(22)7-11/h3-8,27H,9H2,1-2H3. The van der Waals surface area contributed by atoms with E-state index in [4.69, 9.17) is 9.49 Å². The van der Waals surface area contributed by atoms with Crippen molar-refractivity contribution in [2.24, 2.45) is 5.16 Å². The lowest BCUT2D eigenvalue weighted by molar-refractivity contribution is -0.275. The first-order valence-electron chi connectivity index (χ1n) is 8.72. The van der Waals surface area contributed by atoms with E-state index in [1.807, 2.05) is 0 Å². The summed E-state index contributed by atoms with van der Waals surface area (Å²) in [5.41, 5.74) is -1.42. The van der Waals surface area contributed by atoms with E-state index >= 15 is 0 Å². The van der Waals surface area contributed by atoms with E-state index in [-0.39, 0.29) is 11.3 Å². The zero-order valence-corrected chi connectivity index (χ0v) is 18.5. The fourth-order valence-corrected chi connectivity index (χ4v) is 5.02. The van der Waals surface area contributed by atoms with Crippen LogP contribution >= 0.6 is 31.9 Å². The van der Waals surface area contributed by atoms with Gasteiger partial charge in [0.25, 0.3) is 5.60 Å². The molecule has 2 heterocycles. The van der Waals surface area contributed by atoms with Crippen molar-refractivity contribution in [3.63, 3.8) is 0 Å². The molecule has 10 heteroatoms. The molecule has 0 saturated heterocycles. The molecule has 4 rings (SSSR count). The molecule has 2 aliphatic rings. The highest BCUT2D eigenvalue weighted by atomic mass is 79.9. The molecule has 0 bridgehead atoms. The monoisotopic (exact) mass is 531 g/mol. The van der Waals surface area contributed by atoms with E-state index in [0.29, 0.717) is 25.5 Å². The summed E-state index contributed by atoms with van der Waals surface area (Å²) in [4.78, 5) is 5.10. The third-order valence-electron chi connectivity index (χ3n) is 5.22. The van der Waals surface area contributed by atoms with Crippen molar-refractivity contribution in [1.82, 2.24) is 0 Å². The molecular weight excluding hydrogens is 518 g/mol. The van der Waals surface area contributed by atoms with Gasteiger partial charge in [0.1, 0.15) is 0 Å². The maximum absolute atomic E-state index is 14.2. The zero-order chi connectivity index (χ0) is 21.2. The molecule has 2 aliphatic heterocycles. The molecular formula is C19H15BBr2F3NO3. The maximum Gasteiger partial charge on any atom is 0.492 e. The van der Waals surface area contributed by atoms with Crippen molar-refractivity contribution >= 4 is 50.2 Å². The molecule has 0 spiro atoms. The Morgan fingerprint density at radius 2 is 1.76 bits per heavy atom. The molecule has 1 unspecified atom stereocenters. The molecule has 1 N–H and O–H groups in total. The van der Waals surface area contributed by atoms with Crippen LogP contribution in [0.4, 0.5) is 13.2 Å². The molecule has 2 aromatic carbocycles. The van der Waals surface area contributed by atoms with E-state index in [1.54, 1.807) is 38.1 Å². The molecule has 0 aromatic heterocycles. The minimum atomic E-state index is -4.69. The number of halogens is 5. The van der Waals surface area contributed by atoms with Crippen molar-refractivity contribution in [3.8, 4) is 0 Å². The highest BCUT2D eigenvalue weighted by Crippen LogP contribution is 2.49. The van der Waals surface area contributed by atoms with Gasteiger partial charge in [-0.3, -0.25) is 0 Å². The number of fused-ring (bicyclic) bond motifs is 1. The van der Waals surface area contributed by atoms with Crippen LogP contribution < -0.4 is 5.46 Å². The summed E-state index contributed by atoms with van der Waals surface area (Å²) >= 11 is 6.47. The number of oxime groups is 1. The van der Waals surface area contributed by atoms with Crippen LogP contribution in [0.25, 0.3) is 0 Å². The lowest BCUT2D eigenvalue weighted by atomic mass is 9.77. The fourth-order valence-electron chi connectivity index (χ4n) is 3.72. The van der Waals surface area contributed by atoms with Gasteiger partial charge in [0.15, 0.2) is 0 Å². The zero-order valence-electron chi connectivity index (χ0n) is 15.3. The summed E-state index contributed by atoms with van der Waals surface area (Å²) in [6.45, 7) is 3.58. The van der Waals surface area contributed by atoms with Crippen LogP contribution in [0.15, 0.2) is 50.5 Å². The minimum absolute atomic E-state index is 0.0507. The van der Waals surface area contributed by atoms with Gasteiger partial charge in [-0.05, 0) is 54.7 Å². The number of hydrogen-bond acceptors (Lipinski definition) is 4. The highest BCUT2D eigenvalue weighted by molar-refractivity contribution is 9.11. The Kier molecular flexibility index (Phi) is 4.92. The molecule has 1 atom stereocenters. The van der Waals surface area contributed by atoms with E-state index in [2.05, 4.69) is 37.0 Å². The topological polar surface area (TPSA) is 51.0 Å². The van der Waals surface area contributed by atoms with Crippen LogP contribution in [-0.2, 0) is 20.7 Å². The van der Waals surface area contributed by atoms with Gasteiger partial charge in [-0.15, -0.1) is 0 Å². The molecule has 0 fully saturated rings. The van der Waals surface area contributed by atoms with Crippen LogP contribution in [0.1, 0.15) is 37.0 Å². The number of rotatable bonds is 2. The van der Waals surface area contributed by atoms with Crippen LogP contribution in [0.2, 0.25) is 0 Å². The smallest absolute Gasteiger partial charge is 0.423 e.